The van der Waals surface area contributed by atoms with E-state index in [1.54, 1.807) is 57.4 Å². The van der Waals surface area contributed by atoms with E-state index in [1.807, 2.05) is 5.32 Å². The number of hydrogen-bond donors (Lipinski definition) is 5. The number of nitrogens with one attached hydrogen (secondary N) is 4. The number of aliphatic hydroxyl groups is 1. The average Bonchev–Trinajstić information content (AvgIpc) is 3.93. The molecule has 3 aliphatic rings. The first kappa shape index (κ1) is 58.1. The molecule has 420 valence electrons. The third-order valence-electron chi connectivity index (χ3n) is 14.2. The quantitative estimate of drug-likeness (QED) is 0.0538. The maximum Gasteiger partial charge on any atom is 0.407 e. The number of alkyl halides is 5. The molecule has 0 aliphatic carbocycles. The molecule has 5 heterocycles. The fraction of sp³-hybridized carbons (Fsp3) is 0.549. The molecule has 3 aliphatic heterocycles. The van der Waals surface area contributed by atoms with E-state index in [-0.39, 0.29) is 17.7 Å². The van der Waals surface area contributed by atoms with E-state index < -0.39 is 108 Å². The summed E-state index contributed by atoms with van der Waals surface area (Å²) >= 11 is 0. The Morgan fingerprint density at radius 1 is 0.805 bits per heavy atom. The van der Waals surface area contributed by atoms with Crippen LogP contribution in [0, 0.1) is 22.5 Å². The largest absolute Gasteiger partial charge is 0.453 e. The lowest BCUT2D eigenvalue weighted by molar-refractivity contribution is -0.220. The van der Waals surface area contributed by atoms with Crippen molar-refractivity contribution in [2.75, 3.05) is 52.0 Å². The number of aromatic nitrogens is 4. The molecule has 4 aromatic rings. The fourth-order valence-corrected chi connectivity index (χ4v) is 9.70. The number of hydrazine groups is 1. The van der Waals surface area contributed by atoms with Crippen LogP contribution in [-0.2, 0) is 43.3 Å². The number of carbonyl (C=O) groups is 4. The van der Waals surface area contributed by atoms with Gasteiger partial charge in [-0.3, -0.25) is 24.6 Å². The molecule has 26 heteroatoms. The second-order valence-corrected chi connectivity index (χ2v) is 21.1. The number of piperazine rings is 1. The number of amides is 4. The smallest absolute Gasteiger partial charge is 0.407 e. The third kappa shape index (κ3) is 13.9. The lowest BCUT2D eigenvalue weighted by Gasteiger charge is -2.47. The van der Waals surface area contributed by atoms with Gasteiger partial charge in [-0.05, 0) is 67.9 Å². The Bertz CT molecular complexity index is 2670. The van der Waals surface area contributed by atoms with Gasteiger partial charge < -0.3 is 40.2 Å². The van der Waals surface area contributed by atoms with Crippen molar-refractivity contribution in [3.8, 4) is 22.4 Å². The standard InChI is InChI=1S/C51H64F7N11O8/c1-49(2,3)42(62-47(73)75-6)45(72)65-68(23-35-36(52)17-30(18-37(35)53)38-14-15-67(64-38)25-41(54)55)24-40(70)39(61-44(71)43(63-48(74)76-7)50(4,5)51(56,57)58)16-28-8-10-29(11-9-28)31-19-59-46(60-20-31)66-21-32-12-13-33(22-66)69(32)34-26-77-27-34/h8-11,14-15,17-20,32-34,39-43,70H,12-13,16,21-27H2,1-7H3,(H,61,71)(H,62,73)(H,63,74)(H,65,72)/t32?,33?,39-,40-,42+,43+/m0/s1. The highest BCUT2D eigenvalue weighted by atomic mass is 19.4. The molecule has 2 bridgehead atoms. The van der Waals surface area contributed by atoms with Crippen LogP contribution in [0.4, 0.5) is 46.3 Å². The molecule has 3 fully saturated rings. The highest BCUT2D eigenvalue weighted by Gasteiger charge is 2.56. The molecule has 0 saturated carbocycles. The van der Waals surface area contributed by atoms with Gasteiger partial charge in [0.05, 0.1) is 56.7 Å². The van der Waals surface area contributed by atoms with Crippen LogP contribution in [0.3, 0.4) is 0 Å². The van der Waals surface area contributed by atoms with Gasteiger partial charge in [0, 0.05) is 73.5 Å². The van der Waals surface area contributed by atoms with Crippen LogP contribution in [0.2, 0.25) is 0 Å². The normalized spacial score (nSPS) is 18.8. The van der Waals surface area contributed by atoms with Gasteiger partial charge in [0.25, 0.3) is 12.3 Å². The van der Waals surface area contributed by atoms with Crippen molar-refractivity contribution in [2.45, 2.75) is 122 Å². The molecule has 19 nitrogen and oxygen atoms in total. The summed E-state index contributed by atoms with van der Waals surface area (Å²) in [5.74, 6) is -4.17. The van der Waals surface area contributed by atoms with Crippen LogP contribution in [0.1, 0.15) is 58.6 Å². The van der Waals surface area contributed by atoms with Crippen LogP contribution in [0.5, 0.6) is 0 Å². The Labute approximate surface area is 440 Å². The van der Waals surface area contributed by atoms with Crippen LogP contribution in [0.25, 0.3) is 22.4 Å². The molecule has 0 radical (unpaired) electrons. The van der Waals surface area contributed by atoms with Gasteiger partial charge in [-0.25, -0.2) is 42.1 Å². The molecular weight excluding hydrogens is 1030 g/mol. The second kappa shape index (κ2) is 23.9. The minimum absolute atomic E-state index is 0.0458. The summed E-state index contributed by atoms with van der Waals surface area (Å²) < 4.78 is 118. The van der Waals surface area contributed by atoms with E-state index in [0.717, 1.165) is 75.2 Å². The van der Waals surface area contributed by atoms with E-state index >= 15 is 8.78 Å². The lowest BCUT2D eigenvalue weighted by atomic mass is 9.82. The van der Waals surface area contributed by atoms with Crippen molar-refractivity contribution < 1.29 is 69.2 Å². The topological polar surface area (TPSA) is 218 Å². The molecule has 2 unspecified atom stereocenters. The predicted molar refractivity (Wildman–Crippen MR) is 265 cm³/mol. The average molecular weight is 1090 g/mol. The number of alkyl carbamates (subject to hydrolysis) is 2. The number of benzene rings is 2. The minimum atomic E-state index is -5.08. The first-order valence-corrected chi connectivity index (χ1v) is 24.9. The van der Waals surface area contributed by atoms with Gasteiger partial charge in [0.15, 0.2) is 0 Å². The highest BCUT2D eigenvalue weighted by molar-refractivity contribution is 5.87. The Morgan fingerprint density at radius 3 is 1.91 bits per heavy atom. The zero-order chi connectivity index (χ0) is 56.1. The van der Waals surface area contributed by atoms with Crippen LogP contribution < -0.4 is 26.3 Å². The molecule has 3 saturated heterocycles. The lowest BCUT2D eigenvalue weighted by Crippen LogP contribution is -2.63. The van der Waals surface area contributed by atoms with Gasteiger partial charge in [-0.1, -0.05) is 45.0 Å². The van der Waals surface area contributed by atoms with Gasteiger partial charge in [-0.15, -0.1) is 0 Å². The minimum Gasteiger partial charge on any atom is -0.453 e. The number of carbonyl (C=O) groups excluding carboxylic acids is 4. The van der Waals surface area contributed by atoms with Crippen molar-refractivity contribution in [3.63, 3.8) is 0 Å². The zero-order valence-corrected chi connectivity index (χ0v) is 43.5. The van der Waals surface area contributed by atoms with Crippen molar-refractivity contribution in [1.82, 2.24) is 51.0 Å². The molecule has 6 atom stereocenters. The van der Waals surface area contributed by atoms with Crippen molar-refractivity contribution >= 4 is 29.9 Å². The van der Waals surface area contributed by atoms with E-state index in [4.69, 9.17) is 9.47 Å². The number of ether oxygens (including phenoxy) is 3. The SMILES string of the molecule is COC(=O)N[C@H](C(=O)NN(Cc1c(F)cc(-c2ccn(CC(F)F)n2)cc1F)C[C@H](O)[C@H](Cc1ccc(-c2cnc(N3CC4CCC(C3)N4C3COC3)nc2)cc1)NC(=O)[C@@H](NC(=O)OC)C(C)(C)C(F)(F)F)C(C)(C)C. The maximum atomic E-state index is 16.1. The molecular formula is C51H64F7N11O8. The summed E-state index contributed by atoms with van der Waals surface area (Å²) in [4.78, 5) is 67.2. The predicted octanol–water partition coefficient (Wildman–Crippen LogP) is 5.61. The summed E-state index contributed by atoms with van der Waals surface area (Å²) in [6, 6.07) is 5.61. The van der Waals surface area contributed by atoms with E-state index in [1.165, 1.54) is 12.3 Å². The molecule has 2 aromatic heterocycles. The molecule has 7 rings (SSSR count). The number of nitrogens with zero attached hydrogens (tertiary/aromatic N) is 7. The summed E-state index contributed by atoms with van der Waals surface area (Å²) in [5.41, 5.74) is -0.609. The number of anilines is 1. The number of rotatable bonds is 20. The van der Waals surface area contributed by atoms with Crippen molar-refractivity contribution in [1.29, 1.82) is 0 Å². The fourth-order valence-electron chi connectivity index (χ4n) is 9.70. The van der Waals surface area contributed by atoms with Crippen LogP contribution in [0.15, 0.2) is 61.1 Å². The van der Waals surface area contributed by atoms with Crippen LogP contribution in [-0.4, -0.2) is 161 Å². The Balaban J connectivity index is 1.18. The Hall–Kier alpha value is -6.64. The number of methoxy groups -OCH3 is 2. The van der Waals surface area contributed by atoms with Gasteiger partial charge in [0.2, 0.25) is 11.9 Å². The monoisotopic (exact) mass is 1090 g/mol. The zero-order valence-electron chi connectivity index (χ0n) is 43.5. The number of aliphatic hydroxyl groups excluding tert-OH is 1. The summed E-state index contributed by atoms with van der Waals surface area (Å²) in [6.07, 6.45) is -5.71. The third-order valence-corrected chi connectivity index (χ3v) is 14.2. The molecule has 5 N–H and O–H groups in total. The number of halogens is 7. The molecule has 2 aromatic carbocycles. The van der Waals surface area contributed by atoms with E-state index in [0.29, 0.717) is 54.6 Å². The maximum absolute atomic E-state index is 16.1. The Morgan fingerprint density at radius 2 is 1.39 bits per heavy atom. The van der Waals surface area contributed by atoms with Gasteiger partial charge >= 0.3 is 18.4 Å². The van der Waals surface area contributed by atoms with Crippen molar-refractivity contribution in [2.24, 2.45) is 10.8 Å². The first-order valence-electron chi connectivity index (χ1n) is 24.9. The Kier molecular flexibility index (Phi) is 18.0. The van der Waals surface area contributed by atoms with Gasteiger partial charge in [0.1, 0.15) is 30.3 Å². The first-order chi connectivity index (χ1) is 36.3. The second-order valence-electron chi connectivity index (χ2n) is 21.1. The van der Waals surface area contributed by atoms with Crippen LogP contribution >= 0.6 is 0 Å². The summed E-state index contributed by atoms with van der Waals surface area (Å²) in [6.45, 7) is 6.75. The van der Waals surface area contributed by atoms with E-state index in [2.05, 4.69) is 45.7 Å². The summed E-state index contributed by atoms with van der Waals surface area (Å²) in [5, 5.41) is 23.8. The number of fused-ring (bicyclic) bond motifs is 2. The number of hydrogen-bond acceptors (Lipinski definition) is 14. The van der Waals surface area contributed by atoms with Crippen molar-refractivity contribution in [3.05, 3.63) is 83.8 Å². The van der Waals surface area contributed by atoms with E-state index in [9.17, 15) is 46.2 Å². The molecule has 77 heavy (non-hydrogen) atoms. The molecule has 4 amide bonds. The van der Waals surface area contributed by atoms with Gasteiger partial charge in [-0.2, -0.15) is 18.3 Å². The summed E-state index contributed by atoms with van der Waals surface area (Å²) in [7, 11) is 1.94. The molecule has 0 spiro atoms. The highest BCUT2D eigenvalue weighted by Crippen LogP contribution is 2.41.